The summed E-state index contributed by atoms with van der Waals surface area (Å²) in [5.74, 6) is 1.59. The maximum atomic E-state index is 12.1. The molecule has 0 atom stereocenters. The molecule has 0 bridgehead atoms. The Hall–Kier alpha value is -1.35. The predicted molar refractivity (Wildman–Crippen MR) is 81.1 cm³/mol. The Morgan fingerprint density at radius 1 is 1.18 bits per heavy atom. The van der Waals surface area contributed by atoms with Crippen LogP contribution in [0.3, 0.4) is 0 Å². The smallest absolute Gasteiger partial charge is 0.281 e. The molecule has 0 aliphatic carbocycles. The van der Waals surface area contributed by atoms with E-state index in [1.165, 1.54) is 14.8 Å². The van der Waals surface area contributed by atoms with Gasteiger partial charge in [0.15, 0.2) is 11.5 Å². The Bertz CT molecular complexity index is 639. The molecular formula is C14H22N3O4S+. The Balaban J connectivity index is 1.58. The molecule has 7 nitrogen and oxygen atoms in total. The van der Waals surface area contributed by atoms with Crippen molar-refractivity contribution in [2.24, 2.45) is 0 Å². The van der Waals surface area contributed by atoms with Crippen LogP contribution >= 0.6 is 0 Å². The van der Waals surface area contributed by atoms with Gasteiger partial charge in [0.05, 0.1) is 26.2 Å². The number of ether oxygens (including phenoxy) is 2. The van der Waals surface area contributed by atoms with Gasteiger partial charge in [-0.05, 0) is 18.2 Å². The number of hydrogen-bond donors (Lipinski definition) is 1. The zero-order chi connectivity index (χ0) is 15.7. The lowest BCUT2D eigenvalue weighted by molar-refractivity contribution is -0.917. The van der Waals surface area contributed by atoms with E-state index in [4.69, 9.17) is 9.47 Å². The average molecular weight is 328 g/mol. The highest BCUT2D eigenvalue weighted by Gasteiger charge is 2.30. The van der Waals surface area contributed by atoms with Gasteiger partial charge in [-0.25, -0.2) is 0 Å². The first-order valence-electron chi connectivity index (χ1n) is 7.36. The molecule has 2 aliphatic heterocycles. The highest BCUT2D eigenvalue weighted by Crippen LogP contribution is 2.32. The van der Waals surface area contributed by atoms with Gasteiger partial charge in [0, 0.05) is 19.7 Å². The Morgan fingerprint density at radius 2 is 1.86 bits per heavy atom. The van der Waals surface area contributed by atoms with E-state index in [0.717, 1.165) is 31.1 Å². The lowest BCUT2D eigenvalue weighted by atomic mass is 10.2. The molecule has 0 amide bonds. The Labute approximate surface area is 131 Å². The molecule has 0 spiro atoms. The molecule has 2 aliphatic rings. The van der Waals surface area contributed by atoms with Gasteiger partial charge in [-0.3, -0.25) is 0 Å². The van der Waals surface area contributed by atoms with Crippen LogP contribution in [0.25, 0.3) is 0 Å². The van der Waals surface area contributed by atoms with Crippen LogP contribution in [0.15, 0.2) is 18.2 Å². The van der Waals surface area contributed by atoms with Crippen LogP contribution in [0, 0.1) is 0 Å². The zero-order valence-corrected chi connectivity index (χ0v) is 13.7. The summed E-state index contributed by atoms with van der Waals surface area (Å²) in [5, 5.41) is 0. The molecule has 0 unspecified atom stereocenters. The third-order valence-corrected chi connectivity index (χ3v) is 6.05. The zero-order valence-electron chi connectivity index (χ0n) is 12.9. The number of quaternary nitrogens is 1. The number of piperazine rings is 1. The van der Waals surface area contributed by atoms with Gasteiger partial charge in [-0.15, -0.1) is 0 Å². The number of rotatable bonds is 4. The number of hydrogen-bond acceptors (Lipinski definition) is 4. The molecule has 22 heavy (non-hydrogen) atoms. The van der Waals surface area contributed by atoms with Crippen LogP contribution in [0.4, 0.5) is 0 Å². The normalized spacial score (nSPS) is 19.8. The van der Waals surface area contributed by atoms with Crippen molar-refractivity contribution >= 4 is 10.2 Å². The predicted octanol–water partition coefficient (Wildman–Crippen LogP) is -1.08. The van der Waals surface area contributed by atoms with Crippen LogP contribution in [-0.4, -0.2) is 64.1 Å². The lowest BCUT2D eigenvalue weighted by Gasteiger charge is -2.32. The number of nitrogens with one attached hydrogen (secondary N) is 1. The van der Waals surface area contributed by atoms with Gasteiger partial charge in [-0.1, -0.05) is 0 Å². The van der Waals surface area contributed by atoms with E-state index < -0.39 is 10.2 Å². The van der Waals surface area contributed by atoms with E-state index in [2.05, 4.69) is 0 Å². The molecule has 0 radical (unpaired) electrons. The minimum absolute atomic E-state index is 0.284. The second-order valence-corrected chi connectivity index (χ2v) is 7.95. The van der Waals surface area contributed by atoms with Gasteiger partial charge in [-0.2, -0.15) is 17.0 Å². The van der Waals surface area contributed by atoms with E-state index in [0.29, 0.717) is 13.1 Å². The molecule has 0 saturated carbocycles. The van der Waals surface area contributed by atoms with Crippen molar-refractivity contribution < 1.29 is 22.8 Å². The van der Waals surface area contributed by atoms with E-state index >= 15 is 0 Å². The third-order valence-electron chi connectivity index (χ3n) is 4.11. The molecule has 1 saturated heterocycles. The van der Waals surface area contributed by atoms with Crippen molar-refractivity contribution in [1.29, 1.82) is 0 Å². The van der Waals surface area contributed by atoms with Crippen LogP contribution < -0.4 is 14.4 Å². The minimum atomic E-state index is -3.29. The van der Waals surface area contributed by atoms with Crippen molar-refractivity contribution in [3.63, 3.8) is 0 Å². The summed E-state index contributed by atoms with van der Waals surface area (Å²) in [7, 11) is -0.146. The SMILES string of the molecule is CN(C)S(=O)(=O)N1CC[NH+](Cc2ccc3c(c2)OCO3)CC1. The number of benzene rings is 1. The number of nitrogens with zero attached hydrogens (tertiary/aromatic N) is 2. The van der Waals surface area contributed by atoms with Gasteiger partial charge in [0.25, 0.3) is 10.2 Å². The molecule has 1 fully saturated rings. The first-order chi connectivity index (χ1) is 10.5. The minimum Gasteiger partial charge on any atom is -0.454 e. The second kappa shape index (κ2) is 6.04. The van der Waals surface area contributed by atoms with Crippen LogP contribution in [0.1, 0.15) is 5.56 Å². The maximum absolute atomic E-state index is 12.1. The summed E-state index contributed by atoms with van der Waals surface area (Å²) in [6, 6.07) is 5.99. The van der Waals surface area contributed by atoms with E-state index in [9.17, 15) is 8.42 Å². The lowest BCUT2D eigenvalue weighted by Crippen LogP contribution is -3.13. The fourth-order valence-corrected chi connectivity index (χ4v) is 3.89. The Kier molecular flexibility index (Phi) is 4.26. The quantitative estimate of drug-likeness (QED) is 0.764. The fourth-order valence-electron chi connectivity index (χ4n) is 2.78. The van der Waals surface area contributed by atoms with Gasteiger partial charge < -0.3 is 14.4 Å². The van der Waals surface area contributed by atoms with Crippen molar-refractivity contribution in [3.05, 3.63) is 23.8 Å². The topological polar surface area (TPSA) is 63.5 Å². The maximum Gasteiger partial charge on any atom is 0.281 e. The summed E-state index contributed by atoms with van der Waals surface area (Å²) in [4.78, 5) is 1.38. The first kappa shape index (κ1) is 15.5. The molecule has 122 valence electrons. The molecule has 1 aromatic rings. The van der Waals surface area contributed by atoms with Crippen LogP contribution in [0.5, 0.6) is 11.5 Å². The van der Waals surface area contributed by atoms with Crippen molar-refractivity contribution in [3.8, 4) is 11.5 Å². The summed E-state index contributed by atoms with van der Waals surface area (Å²) >= 11 is 0. The van der Waals surface area contributed by atoms with E-state index in [1.807, 2.05) is 18.2 Å². The highest BCUT2D eigenvalue weighted by molar-refractivity contribution is 7.86. The fraction of sp³-hybridized carbons (Fsp3) is 0.571. The monoisotopic (exact) mass is 328 g/mol. The van der Waals surface area contributed by atoms with Gasteiger partial charge in [0.2, 0.25) is 6.79 Å². The molecular weight excluding hydrogens is 306 g/mol. The van der Waals surface area contributed by atoms with Gasteiger partial charge in [0.1, 0.15) is 6.54 Å². The molecule has 1 aromatic carbocycles. The molecule has 0 aromatic heterocycles. The second-order valence-electron chi connectivity index (χ2n) is 5.80. The third kappa shape index (κ3) is 3.05. The summed E-state index contributed by atoms with van der Waals surface area (Å²) in [6.45, 7) is 3.88. The molecule has 3 rings (SSSR count). The van der Waals surface area contributed by atoms with Crippen LogP contribution in [0.2, 0.25) is 0 Å². The van der Waals surface area contributed by atoms with Crippen molar-refractivity contribution in [2.75, 3.05) is 47.1 Å². The number of fused-ring (bicyclic) bond motifs is 1. The van der Waals surface area contributed by atoms with E-state index in [1.54, 1.807) is 18.4 Å². The highest BCUT2D eigenvalue weighted by atomic mass is 32.2. The van der Waals surface area contributed by atoms with Crippen molar-refractivity contribution in [1.82, 2.24) is 8.61 Å². The molecule has 2 heterocycles. The molecule has 1 N–H and O–H groups in total. The van der Waals surface area contributed by atoms with Crippen molar-refractivity contribution in [2.45, 2.75) is 6.54 Å². The summed E-state index contributed by atoms with van der Waals surface area (Å²) in [6.07, 6.45) is 0. The Morgan fingerprint density at radius 3 is 2.55 bits per heavy atom. The van der Waals surface area contributed by atoms with E-state index in [-0.39, 0.29) is 6.79 Å². The average Bonchev–Trinajstić information content (AvgIpc) is 2.95. The largest absolute Gasteiger partial charge is 0.454 e. The summed E-state index contributed by atoms with van der Waals surface area (Å²) < 4.78 is 37.7. The van der Waals surface area contributed by atoms with Gasteiger partial charge >= 0.3 is 0 Å². The first-order valence-corrected chi connectivity index (χ1v) is 8.76. The standard InChI is InChI=1S/C14H21N3O4S/c1-15(2)22(18,19)17-7-5-16(6-8-17)10-12-3-4-13-14(9-12)21-11-20-13/h3-4,9H,5-8,10-11H2,1-2H3/p+1. The summed E-state index contributed by atoms with van der Waals surface area (Å²) in [5.41, 5.74) is 1.18. The molecule has 8 heteroatoms. The van der Waals surface area contributed by atoms with Crippen LogP contribution in [-0.2, 0) is 16.8 Å².